The number of benzene rings is 1. The molecule has 47 heavy (non-hydrogen) atoms. The van der Waals surface area contributed by atoms with Crippen molar-refractivity contribution >= 4 is 23.2 Å². The fourth-order valence-corrected chi connectivity index (χ4v) is 7.22. The van der Waals surface area contributed by atoms with Crippen molar-refractivity contribution in [2.45, 2.75) is 32.2 Å². The molecule has 4 aromatic rings. The molecule has 10 heteroatoms. The maximum Gasteiger partial charge on any atom is 0.139 e. The van der Waals surface area contributed by atoms with E-state index in [0.29, 0.717) is 19.8 Å². The van der Waals surface area contributed by atoms with Gasteiger partial charge in [-0.15, -0.1) is 0 Å². The summed E-state index contributed by atoms with van der Waals surface area (Å²) in [4.78, 5) is 23.0. The van der Waals surface area contributed by atoms with E-state index < -0.39 is 0 Å². The number of ether oxygens (including phenoxy) is 2. The Bertz CT molecular complexity index is 1840. The van der Waals surface area contributed by atoms with Crippen molar-refractivity contribution in [3.63, 3.8) is 0 Å². The lowest BCUT2D eigenvalue weighted by molar-refractivity contribution is 0.0341. The molecule has 0 spiro atoms. The molecular weight excluding hydrogens is 593 g/mol. The van der Waals surface area contributed by atoms with Gasteiger partial charge in [-0.3, -0.25) is 9.88 Å². The molecule has 3 aliphatic heterocycles. The predicted molar refractivity (Wildman–Crippen MR) is 182 cm³/mol. The second-order valence-corrected chi connectivity index (χ2v) is 12.7. The third kappa shape index (κ3) is 6.08. The lowest BCUT2D eigenvalue weighted by Crippen LogP contribution is -2.36. The number of hydrogen-bond acceptors (Lipinski definition) is 8. The Hall–Kier alpha value is -4.38. The number of pyridine rings is 2. The lowest BCUT2D eigenvalue weighted by Gasteiger charge is -2.30. The van der Waals surface area contributed by atoms with Gasteiger partial charge in [0.15, 0.2) is 0 Å². The number of halogens is 1. The van der Waals surface area contributed by atoms with Gasteiger partial charge in [0.05, 0.1) is 37.8 Å². The number of aromatic nitrogens is 4. The lowest BCUT2D eigenvalue weighted by atomic mass is 9.87. The number of nitrogens with one attached hydrogen (secondary N) is 2. The summed E-state index contributed by atoms with van der Waals surface area (Å²) in [6.07, 6.45) is 11.7. The number of fused-ring (bicyclic) bond motifs is 2. The zero-order chi connectivity index (χ0) is 31.7. The number of H-pyrrole nitrogens is 1. The minimum Gasteiger partial charge on any atom is -0.379 e. The van der Waals surface area contributed by atoms with Gasteiger partial charge in [-0.2, -0.15) is 0 Å². The molecule has 2 N–H and O–H groups in total. The summed E-state index contributed by atoms with van der Waals surface area (Å²) in [5.74, 6) is 1.43. The van der Waals surface area contributed by atoms with E-state index in [-0.39, 0.29) is 11.7 Å². The van der Waals surface area contributed by atoms with Crippen LogP contribution in [0.1, 0.15) is 59.6 Å². The Labute approximate surface area is 274 Å². The van der Waals surface area contributed by atoms with Gasteiger partial charge < -0.3 is 24.7 Å². The summed E-state index contributed by atoms with van der Waals surface area (Å²) in [6.45, 7) is 9.99. The van der Waals surface area contributed by atoms with Crippen molar-refractivity contribution < 1.29 is 13.9 Å². The molecule has 0 saturated carbocycles. The van der Waals surface area contributed by atoms with Crippen LogP contribution in [0.4, 0.5) is 15.9 Å². The van der Waals surface area contributed by atoms with Crippen LogP contribution >= 0.6 is 0 Å². The first-order valence-electron chi connectivity index (χ1n) is 16.7. The molecule has 9 nitrogen and oxygen atoms in total. The van der Waals surface area contributed by atoms with Crippen molar-refractivity contribution in [3.8, 4) is 11.1 Å². The molecule has 0 radical (unpaired) electrons. The minimum atomic E-state index is -0.217. The van der Waals surface area contributed by atoms with Crippen LogP contribution in [0.2, 0.25) is 0 Å². The third-order valence-corrected chi connectivity index (χ3v) is 9.72. The number of anilines is 2. The zero-order valence-corrected chi connectivity index (χ0v) is 26.8. The summed E-state index contributed by atoms with van der Waals surface area (Å²) >= 11 is 0. The standard InChI is InChI=1S/C37H40FN7O2/c1-2-25-21-40-36-32(17-28(22-41-36)27-14-24(19-39-20-27)23-44-6-10-46-11-7-44)34(25)37-42-33-5-3-4-31(35(33)43-37)26-15-29(38)18-30(16-26)45-8-12-47-13-9-45/h3,5,14-20,22,31H,2,4,6-13,21,23H2,1H3,(H,40,41)(H,42,43). The molecule has 2 saturated heterocycles. The van der Waals surface area contributed by atoms with Crippen molar-refractivity contribution in [3.05, 3.63) is 100 Å². The number of rotatable bonds is 7. The fraction of sp³-hybridized carbons (Fsp3) is 0.378. The molecule has 1 atom stereocenters. The Kier molecular flexibility index (Phi) is 8.31. The van der Waals surface area contributed by atoms with Gasteiger partial charge in [0.2, 0.25) is 0 Å². The van der Waals surface area contributed by atoms with Crippen LogP contribution in [0.15, 0.2) is 60.6 Å². The summed E-state index contributed by atoms with van der Waals surface area (Å²) in [5, 5.41) is 3.53. The normalized spacial score (nSPS) is 19.8. The van der Waals surface area contributed by atoms with Crippen LogP contribution in [0.5, 0.6) is 0 Å². The Balaban J connectivity index is 1.13. The average molecular weight is 634 g/mol. The minimum absolute atomic E-state index is 0.0247. The van der Waals surface area contributed by atoms with Crippen LogP contribution < -0.4 is 10.2 Å². The van der Waals surface area contributed by atoms with E-state index in [1.54, 1.807) is 12.1 Å². The maximum absolute atomic E-state index is 15.1. The van der Waals surface area contributed by atoms with Gasteiger partial charge in [-0.05, 0) is 65.9 Å². The monoisotopic (exact) mass is 633 g/mol. The number of allylic oxidation sites excluding steroid dienone is 1. The number of imidazole rings is 1. The predicted octanol–water partition coefficient (Wildman–Crippen LogP) is 5.86. The van der Waals surface area contributed by atoms with Crippen LogP contribution in [0.3, 0.4) is 0 Å². The molecular formula is C37H40FN7O2. The summed E-state index contributed by atoms with van der Waals surface area (Å²) in [7, 11) is 0. The summed E-state index contributed by atoms with van der Waals surface area (Å²) < 4.78 is 26.1. The SMILES string of the molecule is CCC1=C(c2nc3c([nH]2)C(c2cc(F)cc(N4CCOCC4)c2)CC=C3)c2cc(-c3cncc(CN4CCOCC4)c3)cnc2NC1. The van der Waals surface area contributed by atoms with Crippen molar-refractivity contribution in [2.75, 3.05) is 69.4 Å². The zero-order valence-electron chi connectivity index (χ0n) is 26.8. The molecule has 4 aliphatic rings. The first-order chi connectivity index (χ1) is 23.1. The molecule has 0 bridgehead atoms. The molecule has 242 valence electrons. The maximum atomic E-state index is 15.1. The van der Waals surface area contributed by atoms with Crippen LogP contribution in [0, 0.1) is 5.82 Å². The van der Waals surface area contributed by atoms with Gasteiger partial charge in [-0.25, -0.2) is 14.4 Å². The second kappa shape index (κ2) is 13.0. The van der Waals surface area contributed by atoms with Crippen LogP contribution in [-0.2, 0) is 16.0 Å². The third-order valence-electron chi connectivity index (χ3n) is 9.72. The van der Waals surface area contributed by atoms with E-state index in [9.17, 15) is 0 Å². The van der Waals surface area contributed by atoms with Gasteiger partial charge in [0.1, 0.15) is 17.5 Å². The molecule has 3 aromatic heterocycles. The summed E-state index contributed by atoms with van der Waals surface area (Å²) in [6, 6.07) is 9.88. The first kappa shape index (κ1) is 30.0. The molecule has 1 unspecified atom stereocenters. The Morgan fingerprint density at radius 3 is 2.57 bits per heavy atom. The largest absolute Gasteiger partial charge is 0.379 e. The molecule has 1 aliphatic carbocycles. The highest BCUT2D eigenvalue weighted by Gasteiger charge is 2.29. The van der Waals surface area contributed by atoms with Gasteiger partial charge in [0.25, 0.3) is 0 Å². The fourth-order valence-electron chi connectivity index (χ4n) is 7.22. The van der Waals surface area contributed by atoms with Gasteiger partial charge >= 0.3 is 0 Å². The molecule has 6 heterocycles. The van der Waals surface area contributed by atoms with Crippen molar-refractivity contribution in [1.29, 1.82) is 0 Å². The van der Waals surface area contributed by atoms with Crippen LogP contribution in [-0.4, -0.2) is 84.0 Å². The number of nitrogens with zero attached hydrogens (tertiary/aromatic N) is 5. The highest BCUT2D eigenvalue weighted by Crippen LogP contribution is 2.41. The Morgan fingerprint density at radius 2 is 1.74 bits per heavy atom. The van der Waals surface area contributed by atoms with Crippen molar-refractivity contribution in [1.82, 2.24) is 24.8 Å². The quantitative estimate of drug-likeness (QED) is 0.262. The van der Waals surface area contributed by atoms with E-state index >= 15 is 4.39 Å². The first-order valence-corrected chi connectivity index (χ1v) is 16.7. The van der Waals surface area contributed by atoms with E-state index in [4.69, 9.17) is 19.4 Å². The number of aromatic amines is 1. The average Bonchev–Trinajstić information content (AvgIpc) is 3.56. The van der Waals surface area contributed by atoms with Crippen LogP contribution in [0.25, 0.3) is 22.8 Å². The Morgan fingerprint density at radius 1 is 0.936 bits per heavy atom. The smallest absolute Gasteiger partial charge is 0.139 e. The summed E-state index contributed by atoms with van der Waals surface area (Å²) in [5.41, 5.74) is 10.4. The van der Waals surface area contributed by atoms with E-state index in [1.165, 1.54) is 11.1 Å². The molecule has 1 aromatic carbocycles. The van der Waals surface area contributed by atoms with E-state index in [2.05, 4.69) is 62.4 Å². The topological polar surface area (TPSA) is 91.4 Å². The molecule has 2 fully saturated rings. The highest BCUT2D eigenvalue weighted by molar-refractivity contribution is 5.89. The number of morpholine rings is 2. The number of hydrogen-bond donors (Lipinski definition) is 2. The van der Waals surface area contributed by atoms with E-state index in [1.807, 2.05) is 18.6 Å². The van der Waals surface area contributed by atoms with Gasteiger partial charge in [0, 0.05) is 91.7 Å². The second-order valence-electron chi connectivity index (χ2n) is 12.7. The van der Waals surface area contributed by atoms with E-state index in [0.717, 1.165) is 115 Å². The molecule has 0 amide bonds. The van der Waals surface area contributed by atoms with Gasteiger partial charge in [-0.1, -0.05) is 13.0 Å². The molecule has 8 rings (SSSR count). The highest BCUT2D eigenvalue weighted by atomic mass is 19.1. The van der Waals surface area contributed by atoms with Crippen molar-refractivity contribution in [2.24, 2.45) is 0 Å².